The first kappa shape index (κ1) is 18.1. The van der Waals surface area contributed by atoms with Gasteiger partial charge in [0.15, 0.2) is 0 Å². The molecule has 0 N–H and O–H groups in total. The minimum Gasteiger partial charge on any atom is -0.372 e. The molecule has 1 aliphatic rings. The Bertz CT molecular complexity index is 628. The highest BCUT2D eigenvalue weighted by molar-refractivity contribution is 5.14. The van der Waals surface area contributed by atoms with Crippen LogP contribution >= 0.6 is 0 Å². The summed E-state index contributed by atoms with van der Waals surface area (Å²) in [6.45, 7) is 7.56. The maximum absolute atomic E-state index is 6.32. The Morgan fingerprint density at radius 2 is 1.16 bits per heavy atom. The summed E-state index contributed by atoms with van der Waals surface area (Å²) in [4.78, 5) is 0. The summed E-state index contributed by atoms with van der Waals surface area (Å²) in [6.07, 6.45) is 0.112. The average Bonchev–Trinajstić information content (AvgIpc) is 2.64. The minimum absolute atomic E-state index is 0.00989. The van der Waals surface area contributed by atoms with Crippen LogP contribution in [0.15, 0.2) is 60.7 Å². The molecule has 134 valence electrons. The van der Waals surface area contributed by atoms with Gasteiger partial charge in [-0.1, -0.05) is 67.6 Å². The van der Waals surface area contributed by atoms with Crippen LogP contribution in [0.25, 0.3) is 0 Å². The summed E-state index contributed by atoms with van der Waals surface area (Å²) in [5.74, 6) is 0.278. The van der Waals surface area contributed by atoms with Crippen LogP contribution in [0, 0.1) is 5.92 Å². The molecule has 25 heavy (non-hydrogen) atoms. The van der Waals surface area contributed by atoms with Gasteiger partial charge in [-0.2, -0.15) is 0 Å². The van der Waals surface area contributed by atoms with Crippen molar-refractivity contribution in [3.63, 3.8) is 0 Å². The lowest BCUT2D eigenvalue weighted by Gasteiger charge is -2.43. The Kier molecular flexibility index (Phi) is 6.24. The Labute approximate surface area is 150 Å². The van der Waals surface area contributed by atoms with Crippen molar-refractivity contribution < 1.29 is 14.2 Å². The molecule has 2 aromatic rings. The molecule has 1 aliphatic heterocycles. The van der Waals surface area contributed by atoms with E-state index in [9.17, 15) is 0 Å². The number of benzene rings is 2. The standard InChI is InChI=1S/C22H28O3/c1-16-17(2)25-18(3)22(24-15-20-12-8-5-9-13-20)21(16)23-14-19-10-6-4-7-11-19/h4-13,16-18,21-22H,14-15H2,1-3H3/t16-,17?,18?,21+,22?/m1/s1. The predicted octanol–water partition coefficient (Wildman–Crippen LogP) is 4.60. The van der Waals surface area contributed by atoms with Gasteiger partial charge in [-0.05, 0) is 25.0 Å². The fourth-order valence-electron chi connectivity index (χ4n) is 3.38. The largest absolute Gasteiger partial charge is 0.372 e. The summed E-state index contributed by atoms with van der Waals surface area (Å²) in [6, 6.07) is 20.6. The van der Waals surface area contributed by atoms with Crippen molar-refractivity contribution in [3.8, 4) is 0 Å². The first-order valence-electron chi connectivity index (χ1n) is 9.11. The van der Waals surface area contributed by atoms with E-state index in [-0.39, 0.29) is 30.3 Å². The first-order chi connectivity index (χ1) is 12.1. The maximum atomic E-state index is 6.32. The fourth-order valence-corrected chi connectivity index (χ4v) is 3.38. The van der Waals surface area contributed by atoms with Crippen LogP contribution in [-0.4, -0.2) is 24.4 Å². The molecule has 0 radical (unpaired) electrons. The lowest BCUT2D eigenvalue weighted by molar-refractivity contribution is -0.223. The fraction of sp³-hybridized carbons (Fsp3) is 0.455. The Morgan fingerprint density at radius 1 is 0.680 bits per heavy atom. The van der Waals surface area contributed by atoms with E-state index >= 15 is 0 Å². The van der Waals surface area contributed by atoms with Gasteiger partial charge in [0.05, 0.1) is 31.5 Å². The number of hydrogen-bond acceptors (Lipinski definition) is 3. The molecule has 0 aromatic heterocycles. The minimum atomic E-state index is -0.0740. The van der Waals surface area contributed by atoms with E-state index in [2.05, 4.69) is 45.0 Å². The number of rotatable bonds is 6. The zero-order valence-electron chi connectivity index (χ0n) is 15.3. The summed E-state index contributed by atoms with van der Waals surface area (Å²) < 4.78 is 18.6. The maximum Gasteiger partial charge on any atom is 0.110 e. The normalized spacial score (nSPS) is 29.5. The van der Waals surface area contributed by atoms with E-state index in [0.29, 0.717) is 13.2 Å². The quantitative estimate of drug-likeness (QED) is 0.769. The van der Waals surface area contributed by atoms with Crippen molar-refractivity contribution in [1.29, 1.82) is 0 Å². The molecular weight excluding hydrogens is 312 g/mol. The van der Waals surface area contributed by atoms with Crippen LogP contribution in [0.4, 0.5) is 0 Å². The zero-order chi connectivity index (χ0) is 17.6. The van der Waals surface area contributed by atoms with E-state index in [0.717, 1.165) is 0 Å². The van der Waals surface area contributed by atoms with Crippen LogP contribution in [-0.2, 0) is 27.4 Å². The summed E-state index contributed by atoms with van der Waals surface area (Å²) in [5.41, 5.74) is 2.35. The Morgan fingerprint density at radius 3 is 1.68 bits per heavy atom. The van der Waals surface area contributed by atoms with Gasteiger partial charge in [0.25, 0.3) is 0 Å². The highest BCUT2D eigenvalue weighted by atomic mass is 16.6. The van der Waals surface area contributed by atoms with Crippen LogP contribution in [0.1, 0.15) is 31.9 Å². The van der Waals surface area contributed by atoms with Gasteiger partial charge >= 0.3 is 0 Å². The molecule has 5 atom stereocenters. The van der Waals surface area contributed by atoms with Gasteiger partial charge in [0, 0.05) is 5.92 Å². The SMILES string of the molecule is CC1OC(C)[C@@H](C)[C@H](OCc2ccccc2)C1OCc1ccccc1. The van der Waals surface area contributed by atoms with E-state index in [4.69, 9.17) is 14.2 Å². The van der Waals surface area contributed by atoms with Crippen LogP contribution in [0.3, 0.4) is 0 Å². The molecule has 2 aromatic carbocycles. The molecule has 1 heterocycles. The molecule has 3 unspecified atom stereocenters. The average molecular weight is 340 g/mol. The van der Waals surface area contributed by atoms with Gasteiger partial charge in [-0.15, -0.1) is 0 Å². The van der Waals surface area contributed by atoms with E-state index in [1.54, 1.807) is 0 Å². The van der Waals surface area contributed by atoms with Crippen molar-refractivity contribution in [2.24, 2.45) is 5.92 Å². The molecule has 3 heteroatoms. The molecule has 1 saturated heterocycles. The van der Waals surface area contributed by atoms with Gasteiger partial charge in [-0.25, -0.2) is 0 Å². The molecule has 0 aliphatic carbocycles. The van der Waals surface area contributed by atoms with Crippen molar-refractivity contribution in [2.45, 2.75) is 58.4 Å². The van der Waals surface area contributed by atoms with Crippen molar-refractivity contribution >= 4 is 0 Å². The molecule has 0 bridgehead atoms. The van der Waals surface area contributed by atoms with Crippen molar-refractivity contribution in [1.82, 2.24) is 0 Å². The van der Waals surface area contributed by atoms with Crippen molar-refractivity contribution in [2.75, 3.05) is 0 Å². The van der Waals surface area contributed by atoms with Gasteiger partial charge < -0.3 is 14.2 Å². The van der Waals surface area contributed by atoms with E-state index in [1.165, 1.54) is 11.1 Å². The van der Waals surface area contributed by atoms with Crippen molar-refractivity contribution in [3.05, 3.63) is 71.8 Å². The van der Waals surface area contributed by atoms with E-state index < -0.39 is 0 Å². The lowest BCUT2D eigenvalue weighted by Crippen LogP contribution is -2.53. The number of ether oxygens (including phenoxy) is 3. The zero-order valence-corrected chi connectivity index (χ0v) is 15.3. The molecule has 3 rings (SSSR count). The molecule has 0 spiro atoms. The predicted molar refractivity (Wildman–Crippen MR) is 99.2 cm³/mol. The highest BCUT2D eigenvalue weighted by Crippen LogP contribution is 2.31. The van der Waals surface area contributed by atoms with Crippen LogP contribution < -0.4 is 0 Å². The summed E-state index contributed by atoms with van der Waals surface area (Å²) in [7, 11) is 0. The topological polar surface area (TPSA) is 27.7 Å². The number of hydrogen-bond donors (Lipinski definition) is 0. The molecule has 1 fully saturated rings. The second-order valence-corrected chi connectivity index (χ2v) is 6.93. The first-order valence-corrected chi connectivity index (χ1v) is 9.11. The summed E-state index contributed by atoms with van der Waals surface area (Å²) in [5, 5.41) is 0. The molecular formula is C22H28O3. The third kappa shape index (κ3) is 4.69. The third-order valence-electron chi connectivity index (χ3n) is 5.04. The second-order valence-electron chi connectivity index (χ2n) is 6.93. The Balaban J connectivity index is 1.67. The smallest absolute Gasteiger partial charge is 0.110 e. The van der Waals surface area contributed by atoms with Gasteiger partial charge in [0.1, 0.15) is 6.10 Å². The molecule has 0 saturated carbocycles. The van der Waals surface area contributed by atoms with Crippen LogP contribution in [0.2, 0.25) is 0 Å². The highest BCUT2D eigenvalue weighted by Gasteiger charge is 2.41. The monoisotopic (exact) mass is 340 g/mol. The lowest BCUT2D eigenvalue weighted by atomic mass is 9.89. The second kappa shape index (κ2) is 8.61. The van der Waals surface area contributed by atoms with E-state index in [1.807, 2.05) is 36.4 Å². The van der Waals surface area contributed by atoms with Crippen LogP contribution in [0.5, 0.6) is 0 Å². The Hall–Kier alpha value is -1.68. The summed E-state index contributed by atoms with van der Waals surface area (Å²) >= 11 is 0. The van der Waals surface area contributed by atoms with Gasteiger partial charge in [0.2, 0.25) is 0 Å². The molecule has 0 amide bonds. The van der Waals surface area contributed by atoms with Gasteiger partial charge in [-0.3, -0.25) is 0 Å². The molecule has 3 nitrogen and oxygen atoms in total. The third-order valence-corrected chi connectivity index (χ3v) is 5.04.